The molecule has 0 spiro atoms. The number of carbonyl (C=O) groups excluding carboxylic acids is 1. The number of aromatic nitrogens is 1. The molecule has 0 saturated carbocycles. The Bertz CT molecular complexity index is 719. The number of aryl methyl sites for hydroxylation is 1. The Morgan fingerprint density at radius 1 is 1.00 bits per heavy atom. The number of hydrogen-bond donors (Lipinski definition) is 0. The maximum atomic E-state index is 12.9. The van der Waals surface area contributed by atoms with E-state index in [2.05, 4.69) is 45.1 Å². The Morgan fingerprint density at radius 3 is 2.65 bits per heavy atom. The number of rotatable bonds is 5. The first-order valence-electron chi connectivity index (χ1n) is 9.78. The number of pyridine rings is 1. The van der Waals surface area contributed by atoms with E-state index in [1.165, 1.54) is 18.4 Å². The summed E-state index contributed by atoms with van der Waals surface area (Å²) in [6.45, 7) is 4.13. The van der Waals surface area contributed by atoms with Crippen molar-refractivity contribution in [3.05, 3.63) is 66.0 Å². The normalized spacial score (nSPS) is 23.0. The number of piperidine rings is 1. The van der Waals surface area contributed by atoms with Crippen LogP contribution >= 0.6 is 0 Å². The summed E-state index contributed by atoms with van der Waals surface area (Å²) in [5.74, 6) is 0.699. The molecular formula is C22H27N3O. The molecule has 3 aliphatic rings. The third-order valence-electron chi connectivity index (χ3n) is 5.72. The van der Waals surface area contributed by atoms with Crippen LogP contribution in [0.15, 0.2) is 54.7 Å². The lowest BCUT2D eigenvalue weighted by molar-refractivity contribution is 0.0579. The molecule has 4 heterocycles. The second kappa shape index (κ2) is 8.00. The van der Waals surface area contributed by atoms with Crippen LogP contribution < -0.4 is 0 Å². The van der Waals surface area contributed by atoms with Gasteiger partial charge in [-0.2, -0.15) is 0 Å². The SMILES string of the molecule is O=C(c1ccccn1)N1C[C@H]2CC[C@@H]1CN(CCCc1ccccc1)C2. The molecule has 1 amide bonds. The molecule has 2 atom stereocenters. The van der Waals surface area contributed by atoms with Gasteiger partial charge in [0.1, 0.15) is 5.69 Å². The van der Waals surface area contributed by atoms with E-state index in [-0.39, 0.29) is 5.91 Å². The highest BCUT2D eigenvalue weighted by atomic mass is 16.2. The fourth-order valence-corrected chi connectivity index (χ4v) is 4.40. The highest BCUT2D eigenvalue weighted by molar-refractivity contribution is 5.92. The van der Waals surface area contributed by atoms with Crippen LogP contribution in [0.1, 0.15) is 35.3 Å². The largest absolute Gasteiger partial charge is 0.333 e. The van der Waals surface area contributed by atoms with E-state index in [4.69, 9.17) is 0 Å². The van der Waals surface area contributed by atoms with E-state index in [1.807, 2.05) is 18.2 Å². The molecular weight excluding hydrogens is 322 g/mol. The predicted octanol–water partition coefficient (Wildman–Crippen LogP) is 3.25. The summed E-state index contributed by atoms with van der Waals surface area (Å²) in [7, 11) is 0. The topological polar surface area (TPSA) is 36.4 Å². The van der Waals surface area contributed by atoms with E-state index in [9.17, 15) is 4.79 Å². The molecule has 136 valence electrons. The fraction of sp³-hybridized carbons (Fsp3) is 0.455. The van der Waals surface area contributed by atoms with Crippen molar-refractivity contribution in [2.75, 3.05) is 26.2 Å². The van der Waals surface area contributed by atoms with Crippen molar-refractivity contribution in [1.82, 2.24) is 14.8 Å². The van der Waals surface area contributed by atoms with Crippen molar-refractivity contribution in [2.45, 2.75) is 31.7 Å². The van der Waals surface area contributed by atoms with Gasteiger partial charge < -0.3 is 9.80 Å². The van der Waals surface area contributed by atoms with E-state index in [0.717, 1.165) is 39.0 Å². The molecule has 4 heteroatoms. The fourth-order valence-electron chi connectivity index (χ4n) is 4.40. The zero-order valence-electron chi connectivity index (χ0n) is 15.3. The van der Waals surface area contributed by atoms with Gasteiger partial charge in [-0.25, -0.2) is 0 Å². The van der Waals surface area contributed by atoms with E-state index in [1.54, 1.807) is 6.20 Å². The van der Waals surface area contributed by atoms with Crippen LogP contribution in [-0.4, -0.2) is 52.9 Å². The van der Waals surface area contributed by atoms with E-state index in [0.29, 0.717) is 17.7 Å². The highest BCUT2D eigenvalue weighted by Crippen LogP contribution is 2.29. The Kier molecular flexibility index (Phi) is 5.30. The molecule has 5 rings (SSSR count). The second-order valence-corrected chi connectivity index (χ2v) is 7.62. The Morgan fingerprint density at radius 2 is 1.85 bits per heavy atom. The lowest BCUT2D eigenvalue weighted by Crippen LogP contribution is -2.47. The van der Waals surface area contributed by atoms with Crippen molar-refractivity contribution in [3.63, 3.8) is 0 Å². The van der Waals surface area contributed by atoms with Crippen molar-refractivity contribution >= 4 is 5.91 Å². The molecule has 0 radical (unpaired) electrons. The van der Waals surface area contributed by atoms with Gasteiger partial charge in [-0.05, 0) is 55.8 Å². The monoisotopic (exact) mass is 349 g/mol. The smallest absolute Gasteiger partial charge is 0.272 e. The third-order valence-corrected chi connectivity index (χ3v) is 5.72. The average molecular weight is 349 g/mol. The summed E-state index contributed by atoms with van der Waals surface area (Å²) in [4.78, 5) is 21.8. The van der Waals surface area contributed by atoms with Gasteiger partial charge in [-0.1, -0.05) is 36.4 Å². The molecule has 0 unspecified atom stereocenters. The summed E-state index contributed by atoms with van der Waals surface area (Å²) < 4.78 is 0. The van der Waals surface area contributed by atoms with Crippen LogP contribution in [0.4, 0.5) is 0 Å². The lowest BCUT2D eigenvalue weighted by Gasteiger charge is -2.36. The molecule has 0 N–H and O–H groups in total. The minimum atomic E-state index is 0.103. The Balaban J connectivity index is 1.36. The Hall–Kier alpha value is -2.20. The molecule has 1 aromatic heterocycles. The maximum absolute atomic E-state index is 12.9. The van der Waals surface area contributed by atoms with Crippen LogP contribution in [0.3, 0.4) is 0 Å². The van der Waals surface area contributed by atoms with Crippen LogP contribution in [0.25, 0.3) is 0 Å². The lowest BCUT2D eigenvalue weighted by atomic mass is 9.94. The molecule has 0 aliphatic carbocycles. The molecule has 3 aliphatic heterocycles. The number of fused-ring (bicyclic) bond motifs is 4. The number of benzene rings is 1. The van der Waals surface area contributed by atoms with Gasteiger partial charge in [0.15, 0.2) is 0 Å². The average Bonchev–Trinajstić information content (AvgIpc) is 3.00. The zero-order chi connectivity index (χ0) is 17.8. The molecule has 26 heavy (non-hydrogen) atoms. The van der Waals surface area contributed by atoms with Crippen LogP contribution in [0, 0.1) is 5.92 Å². The predicted molar refractivity (Wildman–Crippen MR) is 103 cm³/mol. The van der Waals surface area contributed by atoms with Gasteiger partial charge in [0, 0.05) is 31.9 Å². The van der Waals surface area contributed by atoms with Crippen molar-refractivity contribution in [1.29, 1.82) is 0 Å². The quantitative estimate of drug-likeness (QED) is 0.831. The van der Waals surface area contributed by atoms with Crippen LogP contribution in [0.5, 0.6) is 0 Å². The first-order valence-corrected chi connectivity index (χ1v) is 9.78. The van der Waals surface area contributed by atoms with Crippen LogP contribution in [0.2, 0.25) is 0 Å². The van der Waals surface area contributed by atoms with Gasteiger partial charge in [0.25, 0.3) is 5.91 Å². The molecule has 1 aromatic carbocycles. The molecule has 2 aromatic rings. The number of hydrogen-bond acceptors (Lipinski definition) is 3. The summed E-state index contributed by atoms with van der Waals surface area (Å²) in [6.07, 6.45) is 6.38. The first-order chi connectivity index (χ1) is 12.8. The van der Waals surface area contributed by atoms with Crippen molar-refractivity contribution in [3.8, 4) is 0 Å². The summed E-state index contributed by atoms with van der Waals surface area (Å²) >= 11 is 0. The van der Waals surface area contributed by atoms with Crippen molar-refractivity contribution < 1.29 is 4.79 Å². The Labute approximate surface area is 155 Å². The van der Waals surface area contributed by atoms with Gasteiger partial charge in [0.2, 0.25) is 0 Å². The van der Waals surface area contributed by atoms with Gasteiger partial charge in [-0.3, -0.25) is 9.78 Å². The summed E-state index contributed by atoms with van der Waals surface area (Å²) in [6, 6.07) is 16.6. The van der Waals surface area contributed by atoms with Crippen molar-refractivity contribution in [2.24, 2.45) is 5.92 Å². The molecule has 3 saturated heterocycles. The van der Waals surface area contributed by atoms with E-state index >= 15 is 0 Å². The standard InChI is InChI=1S/C22H27N3O/c26-22(21-10-4-5-13-23-21)25-16-19-11-12-20(25)17-24(15-19)14-6-9-18-7-2-1-3-8-18/h1-5,7-8,10,13,19-20H,6,9,11-12,14-17H2/t19-,20+/m0/s1. The summed E-state index contributed by atoms with van der Waals surface area (Å²) in [5, 5.41) is 0. The third kappa shape index (κ3) is 3.96. The maximum Gasteiger partial charge on any atom is 0.272 e. The number of amides is 1. The van der Waals surface area contributed by atoms with Gasteiger partial charge in [0.05, 0.1) is 0 Å². The molecule has 4 nitrogen and oxygen atoms in total. The van der Waals surface area contributed by atoms with Gasteiger partial charge >= 0.3 is 0 Å². The molecule has 3 fully saturated rings. The first kappa shape index (κ1) is 17.2. The highest BCUT2D eigenvalue weighted by Gasteiger charge is 2.37. The minimum absolute atomic E-state index is 0.103. The number of nitrogens with zero attached hydrogens (tertiary/aromatic N) is 3. The summed E-state index contributed by atoms with van der Waals surface area (Å²) in [5.41, 5.74) is 1.99. The molecule has 2 bridgehead atoms. The zero-order valence-corrected chi connectivity index (χ0v) is 15.3. The van der Waals surface area contributed by atoms with Gasteiger partial charge in [-0.15, -0.1) is 0 Å². The number of carbonyl (C=O) groups is 1. The minimum Gasteiger partial charge on any atom is -0.333 e. The van der Waals surface area contributed by atoms with E-state index < -0.39 is 0 Å². The van der Waals surface area contributed by atoms with Crippen LogP contribution in [-0.2, 0) is 6.42 Å². The second-order valence-electron chi connectivity index (χ2n) is 7.62.